The summed E-state index contributed by atoms with van der Waals surface area (Å²) in [7, 11) is 1.45. The number of hydrogen-bond donors (Lipinski definition) is 2. The second-order valence-corrected chi connectivity index (χ2v) is 5.77. The largest absolute Gasteiger partial charge is 0.495 e. The van der Waals surface area contributed by atoms with Crippen LogP contribution in [0.15, 0.2) is 18.2 Å². The molecule has 114 valence electrons. The van der Waals surface area contributed by atoms with Crippen molar-refractivity contribution in [3.63, 3.8) is 0 Å². The van der Waals surface area contributed by atoms with Gasteiger partial charge in [-0.2, -0.15) is 11.8 Å². The van der Waals surface area contributed by atoms with Crippen molar-refractivity contribution < 1.29 is 14.5 Å². The van der Waals surface area contributed by atoms with Crippen LogP contribution in [0.5, 0.6) is 5.75 Å². The maximum Gasteiger partial charge on any atom is 0.271 e. The highest BCUT2D eigenvalue weighted by atomic mass is 32.2. The van der Waals surface area contributed by atoms with Crippen LogP contribution in [-0.4, -0.2) is 42.0 Å². The van der Waals surface area contributed by atoms with Gasteiger partial charge in [0.05, 0.1) is 17.7 Å². The number of carbonyl (C=O) groups excluding carboxylic acids is 1. The molecule has 0 aromatic heterocycles. The lowest BCUT2D eigenvalue weighted by molar-refractivity contribution is -0.384. The maximum absolute atomic E-state index is 12.0. The number of nitro benzene ring substituents is 1. The number of anilines is 1. The average Bonchev–Trinajstić information content (AvgIpc) is 2.48. The summed E-state index contributed by atoms with van der Waals surface area (Å²) in [5.74, 6) is 2.16. The van der Waals surface area contributed by atoms with E-state index in [2.05, 4.69) is 10.6 Å². The first-order valence-corrected chi connectivity index (χ1v) is 7.69. The molecule has 1 aromatic carbocycles. The molecule has 0 spiro atoms. The first kappa shape index (κ1) is 15.6. The van der Waals surface area contributed by atoms with Crippen molar-refractivity contribution in [3.8, 4) is 5.75 Å². The molecule has 0 bridgehead atoms. The Labute approximate surface area is 126 Å². The van der Waals surface area contributed by atoms with Crippen LogP contribution < -0.4 is 15.4 Å². The van der Waals surface area contributed by atoms with E-state index in [4.69, 9.17) is 4.74 Å². The van der Waals surface area contributed by atoms with Crippen molar-refractivity contribution >= 4 is 29.0 Å². The summed E-state index contributed by atoms with van der Waals surface area (Å²) in [6, 6.07) is 4.25. The Balaban J connectivity index is 2.04. The first-order chi connectivity index (χ1) is 10.1. The summed E-state index contributed by atoms with van der Waals surface area (Å²) < 4.78 is 5.11. The van der Waals surface area contributed by atoms with E-state index in [1.165, 1.54) is 25.3 Å². The summed E-state index contributed by atoms with van der Waals surface area (Å²) in [5.41, 5.74) is 0.234. The summed E-state index contributed by atoms with van der Waals surface area (Å²) in [5, 5.41) is 16.8. The van der Waals surface area contributed by atoms with E-state index in [0.29, 0.717) is 17.9 Å². The van der Waals surface area contributed by atoms with Crippen LogP contribution in [0.4, 0.5) is 11.4 Å². The summed E-state index contributed by atoms with van der Waals surface area (Å²) in [6.07, 6.45) is 0.332. The molecular weight excluding hydrogens is 294 g/mol. The Bertz CT molecular complexity index is 532. The molecule has 1 aliphatic heterocycles. The van der Waals surface area contributed by atoms with Crippen molar-refractivity contribution in [1.82, 2.24) is 5.32 Å². The van der Waals surface area contributed by atoms with Gasteiger partial charge in [0.2, 0.25) is 5.91 Å². The van der Waals surface area contributed by atoms with Crippen LogP contribution in [0.1, 0.15) is 6.42 Å². The Kier molecular flexibility index (Phi) is 5.40. The number of amides is 1. The Morgan fingerprint density at radius 3 is 3.05 bits per heavy atom. The molecule has 1 atom stereocenters. The van der Waals surface area contributed by atoms with Crippen molar-refractivity contribution in [3.05, 3.63) is 28.3 Å². The van der Waals surface area contributed by atoms with E-state index in [9.17, 15) is 14.9 Å². The zero-order chi connectivity index (χ0) is 15.2. The first-order valence-electron chi connectivity index (χ1n) is 6.53. The summed E-state index contributed by atoms with van der Waals surface area (Å²) in [4.78, 5) is 22.3. The number of methoxy groups -OCH3 is 1. The van der Waals surface area contributed by atoms with Gasteiger partial charge in [-0.25, -0.2) is 0 Å². The second kappa shape index (κ2) is 7.28. The molecule has 7 nitrogen and oxygen atoms in total. The third-order valence-electron chi connectivity index (χ3n) is 3.10. The van der Waals surface area contributed by atoms with E-state index in [0.717, 1.165) is 18.1 Å². The predicted molar refractivity (Wildman–Crippen MR) is 82.0 cm³/mol. The lowest BCUT2D eigenvalue weighted by Gasteiger charge is -2.22. The quantitative estimate of drug-likeness (QED) is 0.634. The molecule has 0 saturated carbocycles. The number of hydrogen-bond acceptors (Lipinski definition) is 6. The van der Waals surface area contributed by atoms with Gasteiger partial charge in [-0.1, -0.05) is 0 Å². The number of non-ortho nitro benzene ring substituents is 1. The van der Waals surface area contributed by atoms with Gasteiger partial charge >= 0.3 is 0 Å². The Hall–Kier alpha value is -1.80. The van der Waals surface area contributed by atoms with E-state index < -0.39 is 4.92 Å². The highest BCUT2D eigenvalue weighted by Crippen LogP contribution is 2.29. The fourth-order valence-corrected chi connectivity index (χ4v) is 3.03. The number of nitro groups is 1. The van der Waals surface area contributed by atoms with Gasteiger partial charge < -0.3 is 15.4 Å². The van der Waals surface area contributed by atoms with E-state index >= 15 is 0 Å². The molecule has 1 amide bonds. The van der Waals surface area contributed by atoms with Gasteiger partial charge in [-0.05, 0) is 6.07 Å². The topological polar surface area (TPSA) is 93.5 Å². The molecular formula is C13H17N3O4S. The second-order valence-electron chi connectivity index (χ2n) is 4.62. The van der Waals surface area contributed by atoms with Gasteiger partial charge in [0.25, 0.3) is 5.69 Å². The van der Waals surface area contributed by atoms with Crippen LogP contribution in [0.2, 0.25) is 0 Å². The highest BCUT2D eigenvalue weighted by Gasteiger charge is 2.19. The number of carbonyl (C=O) groups is 1. The maximum atomic E-state index is 12.0. The monoisotopic (exact) mass is 311 g/mol. The summed E-state index contributed by atoms with van der Waals surface area (Å²) >= 11 is 1.81. The molecule has 1 unspecified atom stereocenters. The zero-order valence-corrected chi connectivity index (χ0v) is 12.4. The fourth-order valence-electron chi connectivity index (χ4n) is 2.08. The van der Waals surface area contributed by atoms with Crippen LogP contribution in [-0.2, 0) is 4.79 Å². The molecule has 21 heavy (non-hydrogen) atoms. The van der Waals surface area contributed by atoms with Gasteiger partial charge in [0, 0.05) is 42.6 Å². The average molecular weight is 311 g/mol. The predicted octanol–water partition coefficient (Wildman–Crippen LogP) is 1.64. The van der Waals surface area contributed by atoms with Crippen LogP contribution in [0.3, 0.4) is 0 Å². The standard InChI is InChI=1S/C13H17N3O4S/c1-20-12-3-2-10(16(18)19)7-11(12)15-13(17)6-9-8-21-5-4-14-9/h2-3,7,9,14H,4-6,8H2,1H3,(H,15,17). The number of nitrogens with zero attached hydrogens (tertiary/aromatic N) is 1. The van der Waals surface area contributed by atoms with E-state index in [1.807, 2.05) is 11.8 Å². The minimum absolute atomic E-state index is 0.0857. The van der Waals surface area contributed by atoms with Gasteiger partial charge in [-0.3, -0.25) is 14.9 Å². The van der Waals surface area contributed by atoms with Crippen molar-refractivity contribution in [2.45, 2.75) is 12.5 Å². The third-order valence-corrected chi connectivity index (χ3v) is 4.23. The number of nitrogens with one attached hydrogen (secondary N) is 2. The van der Waals surface area contributed by atoms with E-state index in [-0.39, 0.29) is 17.6 Å². The number of thioether (sulfide) groups is 1. The number of ether oxygens (including phenoxy) is 1. The number of benzene rings is 1. The molecule has 2 rings (SSSR count). The molecule has 1 heterocycles. The minimum Gasteiger partial charge on any atom is -0.495 e. The van der Waals surface area contributed by atoms with Gasteiger partial charge in [0.1, 0.15) is 5.75 Å². The van der Waals surface area contributed by atoms with Crippen molar-refractivity contribution in [1.29, 1.82) is 0 Å². The molecule has 1 fully saturated rings. The molecule has 1 aromatic rings. The van der Waals surface area contributed by atoms with Crippen LogP contribution in [0, 0.1) is 10.1 Å². The zero-order valence-electron chi connectivity index (χ0n) is 11.6. The fraction of sp³-hybridized carbons (Fsp3) is 0.462. The van der Waals surface area contributed by atoms with Crippen LogP contribution in [0.25, 0.3) is 0 Å². The van der Waals surface area contributed by atoms with Gasteiger partial charge in [-0.15, -0.1) is 0 Å². The molecule has 1 saturated heterocycles. The van der Waals surface area contributed by atoms with Crippen molar-refractivity contribution in [2.75, 3.05) is 30.5 Å². The molecule has 0 aliphatic carbocycles. The lowest BCUT2D eigenvalue weighted by atomic mass is 10.2. The van der Waals surface area contributed by atoms with E-state index in [1.54, 1.807) is 0 Å². The molecule has 1 aliphatic rings. The van der Waals surface area contributed by atoms with Crippen LogP contribution >= 0.6 is 11.8 Å². The number of rotatable bonds is 5. The lowest BCUT2D eigenvalue weighted by Crippen LogP contribution is -2.39. The third kappa shape index (κ3) is 4.33. The summed E-state index contributed by atoms with van der Waals surface area (Å²) in [6.45, 7) is 0.892. The van der Waals surface area contributed by atoms with Crippen molar-refractivity contribution in [2.24, 2.45) is 0 Å². The highest BCUT2D eigenvalue weighted by molar-refractivity contribution is 7.99. The van der Waals surface area contributed by atoms with Gasteiger partial charge in [0.15, 0.2) is 0 Å². The minimum atomic E-state index is -0.506. The smallest absolute Gasteiger partial charge is 0.271 e. The molecule has 0 radical (unpaired) electrons. The molecule has 8 heteroatoms. The molecule has 2 N–H and O–H groups in total. The normalized spacial score (nSPS) is 18.0. The Morgan fingerprint density at radius 1 is 1.62 bits per heavy atom. The Morgan fingerprint density at radius 2 is 2.43 bits per heavy atom. The SMILES string of the molecule is COc1ccc([N+](=O)[O-])cc1NC(=O)CC1CSCCN1.